The van der Waals surface area contributed by atoms with E-state index in [0.29, 0.717) is 21.8 Å². The lowest BCUT2D eigenvalue weighted by Gasteiger charge is -2.12. The molecule has 8 heteroatoms. The van der Waals surface area contributed by atoms with Crippen molar-refractivity contribution in [2.75, 3.05) is 19.8 Å². The molecule has 0 fully saturated rings. The van der Waals surface area contributed by atoms with Crippen molar-refractivity contribution in [1.29, 1.82) is 0 Å². The summed E-state index contributed by atoms with van der Waals surface area (Å²) < 4.78 is 6.88. The Labute approximate surface area is 172 Å². The van der Waals surface area contributed by atoms with Gasteiger partial charge in [-0.1, -0.05) is 18.2 Å². The second-order valence-corrected chi connectivity index (χ2v) is 7.61. The first-order valence-corrected chi connectivity index (χ1v) is 9.93. The number of benzene rings is 1. The van der Waals surface area contributed by atoms with Gasteiger partial charge in [0, 0.05) is 30.8 Å². The molecule has 1 aromatic carbocycles. The number of esters is 1. The molecule has 3 aromatic rings. The molecule has 0 saturated carbocycles. The second kappa shape index (κ2) is 8.91. The van der Waals surface area contributed by atoms with Crippen LogP contribution in [0.1, 0.15) is 21.7 Å². The molecule has 0 aliphatic heterocycles. The molecule has 0 aliphatic carbocycles. The van der Waals surface area contributed by atoms with Crippen molar-refractivity contribution < 1.29 is 14.3 Å². The number of aromatic nitrogens is 2. The number of aryl methyl sites for hydroxylation is 1. The molecular formula is C21H21N3O4S. The van der Waals surface area contributed by atoms with Crippen LogP contribution >= 0.6 is 11.8 Å². The summed E-state index contributed by atoms with van der Waals surface area (Å²) in [4.78, 5) is 43.3. The molecule has 0 spiro atoms. The standard InChI is InChI=1S/C21H21N3O4S/c1-14-7-6-10-18-22-15(11-19(25)24(14)18)12-28-21(27)16-8-4-5-9-17(16)29-13-20(26)23(2)3/h4-11H,12-13H2,1-3H3. The highest BCUT2D eigenvalue weighted by Gasteiger charge is 2.15. The highest BCUT2D eigenvalue weighted by Crippen LogP contribution is 2.23. The Morgan fingerprint density at radius 3 is 2.66 bits per heavy atom. The smallest absolute Gasteiger partial charge is 0.339 e. The zero-order valence-corrected chi connectivity index (χ0v) is 17.2. The number of fused-ring (bicyclic) bond motifs is 1. The van der Waals surface area contributed by atoms with E-state index in [-0.39, 0.29) is 23.8 Å². The number of carbonyl (C=O) groups excluding carboxylic acids is 2. The van der Waals surface area contributed by atoms with E-state index in [9.17, 15) is 14.4 Å². The van der Waals surface area contributed by atoms with Crippen molar-refractivity contribution in [2.24, 2.45) is 0 Å². The van der Waals surface area contributed by atoms with Gasteiger partial charge in [-0.05, 0) is 31.2 Å². The van der Waals surface area contributed by atoms with Crippen molar-refractivity contribution >= 4 is 29.3 Å². The number of pyridine rings is 1. The monoisotopic (exact) mass is 411 g/mol. The SMILES string of the molecule is Cc1cccc2nc(COC(=O)c3ccccc3SCC(=O)N(C)C)cc(=O)n12. The van der Waals surface area contributed by atoms with E-state index in [1.165, 1.54) is 27.1 Å². The van der Waals surface area contributed by atoms with Gasteiger partial charge in [-0.25, -0.2) is 9.78 Å². The van der Waals surface area contributed by atoms with Gasteiger partial charge in [0.05, 0.1) is 17.0 Å². The Bertz CT molecular complexity index is 1120. The Morgan fingerprint density at radius 1 is 1.14 bits per heavy atom. The number of nitrogens with zero attached hydrogens (tertiary/aromatic N) is 3. The molecule has 2 aromatic heterocycles. The fourth-order valence-corrected chi connectivity index (χ4v) is 3.70. The summed E-state index contributed by atoms with van der Waals surface area (Å²) >= 11 is 1.28. The number of rotatable bonds is 6. The molecule has 0 aliphatic rings. The summed E-state index contributed by atoms with van der Waals surface area (Å²) in [6.07, 6.45) is 0. The van der Waals surface area contributed by atoms with E-state index < -0.39 is 5.97 Å². The maximum atomic E-state index is 12.6. The summed E-state index contributed by atoms with van der Waals surface area (Å²) in [5, 5.41) is 0. The minimum absolute atomic E-state index is 0.0469. The van der Waals surface area contributed by atoms with Crippen LogP contribution in [0.5, 0.6) is 0 Å². The fraction of sp³-hybridized carbons (Fsp3) is 0.238. The van der Waals surface area contributed by atoms with Crippen molar-refractivity contribution in [3.8, 4) is 0 Å². The quantitative estimate of drug-likeness (QED) is 0.458. The van der Waals surface area contributed by atoms with Crippen LogP contribution in [-0.2, 0) is 16.1 Å². The Balaban J connectivity index is 1.74. The highest BCUT2D eigenvalue weighted by molar-refractivity contribution is 8.00. The molecule has 3 rings (SSSR count). The minimum atomic E-state index is -0.531. The zero-order valence-electron chi connectivity index (χ0n) is 16.4. The lowest BCUT2D eigenvalue weighted by molar-refractivity contribution is -0.125. The van der Waals surface area contributed by atoms with Crippen molar-refractivity contribution in [2.45, 2.75) is 18.4 Å². The first-order valence-electron chi connectivity index (χ1n) is 8.94. The number of carbonyl (C=O) groups is 2. The molecule has 0 saturated heterocycles. The van der Waals surface area contributed by atoms with Crippen LogP contribution in [0.25, 0.3) is 5.65 Å². The van der Waals surface area contributed by atoms with E-state index in [0.717, 1.165) is 5.69 Å². The van der Waals surface area contributed by atoms with Gasteiger partial charge in [-0.15, -0.1) is 11.8 Å². The molecule has 7 nitrogen and oxygen atoms in total. The Morgan fingerprint density at radius 2 is 1.90 bits per heavy atom. The van der Waals surface area contributed by atoms with Crippen LogP contribution < -0.4 is 5.56 Å². The third-order valence-corrected chi connectivity index (χ3v) is 5.30. The van der Waals surface area contributed by atoms with E-state index in [1.54, 1.807) is 44.4 Å². The second-order valence-electron chi connectivity index (χ2n) is 6.60. The predicted octanol–water partition coefficient (Wildman–Crippen LogP) is 2.54. The molecule has 0 radical (unpaired) electrons. The first kappa shape index (κ1) is 20.6. The molecule has 29 heavy (non-hydrogen) atoms. The third kappa shape index (κ3) is 4.83. The number of thioether (sulfide) groups is 1. The van der Waals surface area contributed by atoms with Crippen LogP contribution in [-0.4, -0.2) is 46.0 Å². The predicted molar refractivity (Wildman–Crippen MR) is 111 cm³/mol. The maximum absolute atomic E-state index is 12.6. The molecule has 0 atom stereocenters. The van der Waals surface area contributed by atoms with Gasteiger partial charge >= 0.3 is 5.97 Å². The average molecular weight is 411 g/mol. The Kier molecular flexibility index (Phi) is 6.33. The highest BCUT2D eigenvalue weighted by atomic mass is 32.2. The van der Waals surface area contributed by atoms with Gasteiger partial charge in [0.15, 0.2) is 0 Å². The van der Waals surface area contributed by atoms with Crippen LogP contribution in [0.2, 0.25) is 0 Å². The number of hydrogen-bond donors (Lipinski definition) is 0. The molecule has 0 N–H and O–H groups in total. The van der Waals surface area contributed by atoms with E-state index in [2.05, 4.69) is 4.98 Å². The number of ether oxygens (including phenoxy) is 1. The van der Waals surface area contributed by atoms with Gasteiger partial charge in [0.25, 0.3) is 5.56 Å². The van der Waals surface area contributed by atoms with Crippen LogP contribution in [0, 0.1) is 6.92 Å². The molecular weight excluding hydrogens is 390 g/mol. The van der Waals surface area contributed by atoms with Gasteiger partial charge in [0.2, 0.25) is 5.91 Å². The van der Waals surface area contributed by atoms with E-state index in [1.807, 2.05) is 19.1 Å². The maximum Gasteiger partial charge on any atom is 0.339 e. The van der Waals surface area contributed by atoms with Gasteiger partial charge in [-0.3, -0.25) is 14.0 Å². The summed E-state index contributed by atoms with van der Waals surface area (Å²) in [6, 6.07) is 13.7. The lowest BCUT2D eigenvalue weighted by atomic mass is 10.2. The summed E-state index contributed by atoms with van der Waals surface area (Å²) in [5.41, 5.74) is 1.81. The molecule has 0 unspecified atom stereocenters. The zero-order chi connectivity index (χ0) is 21.0. The van der Waals surface area contributed by atoms with Crippen molar-refractivity contribution in [3.05, 3.63) is 75.8 Å². The average Bonchev–Trinajstić information content (AvgIpc) is 2.70. The van der Waals surface area contributed by atoms with Crippen LogP contribution in [0.4, 0.5) is 0 Å². The Hall–Kier alpha value is -3.13. The molecule has 1 amide bonds. The molecule has 0 bridgehead atoms. The lowest BCUT2D eigenvalue weighted by Crippen LogP contribution is -2.23. The van der Waals surface area contributed by atoms with E-state index >= 15 is 0 Å². The summed E-state index contributed by atoms with van der Waals surface area (Å²) in [6.45, 7) is 1.71. The fourth-order valence-electron chi connectivity index (χ4n) is 2.68. The normalized spacial score (nSPS) is 10.7. The molecule has 2 heterocycles. The van der Waals surface area contributed by atoms with E-state index in [4.69, 9.17) is 4.74 Å². The van der Waals surface area contributed by atoms with Crippen molar-refractivity contribution in [1.82, 2.24) is 14.3 Å². The number of hydrogen-bond acceptors (Lipinski definition) is 6. The van der Waals surface area contributed by atoms with Crippen LogP contribution in [0.3, 0.4) is 0 Å². The summed E-state index contributed by atoms with van der Waals surface area (Å²) in [7, 11) is 3.37. The topological polar surface area (TPSA) is 81.0 Å². The van der Waals surface area contributed by atoms with Gasteiger partial charge < -0.3 is 9.64 Å². The van der Waals surface area contributed by atoms with Gasteiger partial charge in [0.1, 0.15) is 12.3 Å². The van der Waals surface area contributed by atoms with Crippen LogP contribution in [0.15, 0.2) is 58.2 Å². The van der Waals surface area contributed by atoms with Gasteiger partial charge in [-0.2, -0.15) is 0 Å². The summed E-state index contributed by atoms with van der Waals surface area (Å²) in [5.74, 6) is -0.356. The first-order chi connectivity index (χ1) is 13.9. The minimum Gasteiger partial charge on any atom is -0.456 e. The molecule has 150 valence electrons. The third-order valence-electron chi connectivity index (χ3n) is 4.24. The number of amides is 1. The largest absolute Gasteiger partial charge is 0.456 e. The van der Waals surface area contributed by atoms with Crippen molar-refractivity contribution in [3.63, 3.8) is 0 Å².